The Morgan fingerprint density at radius 3 is 2.33 bits per heavy atom. The van der Waals surface area contributed by atoms with Crippen molar-refractivity contribution in [3.05, 3.63) is 41.6 Å². The highest BCUT2D eigenvalue weighted by atomic mass is 16.5. The second-order valence-electron chi connectivity index (χ2n) is 8.25. The number of hydrogen-bond donors (Lipinski definition) is 0. The number of anilines is 2. The summed E-state index contributed by atoms with van der Waals surface area (Å²) in [5, 5.41) is 4.07. The van der Waals surface area contributed by atoms with E-state index in [-0.39, 0.29) is 0 Å². The summed E-state index contributed by atoms with van der Waals surface area (Å²) < 4.78 is 5.58. The summed E-state index contributed by atoms with van der Waals surface area (Å²) in [6.45, 7) is 7.82. The molecule has 0 saturated carbocycles. The third-order valence-electron chi connectivity index (χ3n) is 6.03. The van der Waals surface area contributed by atoms with Crippen LogP contribution >= 0.6 is 0 Å². The van der Waals surface area contributed by atoms with Gasteiger partial charge in [-0.3, -0.25) is 0 Å². The van der Waals surface area contributed by atoms with E-state index in [1.807, 2.05) is 38.4 Å². The molecule has 3 aromatic heterocycles. The fraction of sp³-hybridized carbons (Fsp3) is 0.500. The third-order valence-corrected chi connectivity index (χ3v) is 6.03. The number of aryl methyl sites for hydroxylation is 2. The Hall–Kier alpha value is -3.03. The standard InChI is InChI=1S/C22H27N7O/c1-15-5-8-23-21(25-15)29-11-6-17(7-12-29)20-18(19-13-16(2)27-30-19)14-24-22(26-20)28-9-3-4-10-28/h5,8,13-14,17H,3-4,6-7,9-12H2,1-2H3. The van der Waals surface area contributed by atoms with Crippen molar-refractivity contribution in [3.8, 4) is 11.3 Å². The molecule has 3 aromatic rings. The Kier molecular flexibility index (Phi) is 5.06. The maximum atomic E-state index is 5.58. The van der Waals surface area contributed by atoms with Crippen molar-refractivity contribution in [3.63, 3.8) is 0 Å². The molecule has 0 unspecified atom stereocenters. The number of rotatable bonds is 4. The van der Waals surface area contributed by atoms with Crippen LogP contribution in [0.4, 0.5) is 11.9 Å². The average molecular weight is 406 g/mol. The molecule has 2 aliphatic heterocycles. The van der Waals surface area contributed by atoms with Crippen LogP contribution in [0.5, 0.6) is 0 Å². The van der Waals surface area contributed by atoms with E-state index in [1.54, 1.807) is 0 Å². The minimum absolute atomic E-state index is 0.343. The molecular formula is C22H27N7O. The van der Waals surface area contributed by atoms with Crippen LogP contribution in [0, 0.1) is 13.8 Å². The van der Waals surface area contributed by atoms with Crippen molar-refractivity contribution >= 4 is 11.9 Å². The first kappa shape index (κ1) is 19.0. The van der Waals surface area contributed by atoms with Crippen molar-refractivity contribution in [2.75, 3.05) is 36.0 Å². The summed E-state index contributed by atoms with van der Waals surface area (Å²) in [5.41, 5.74) is 3.90. The van der Waals surface area contributed by atoms with Crippen LogP contribution in [-0.2, 0) is 0 Å². The predicted molar refractivity (Wildman–Crippen MR) is 115 cm³/mol. The SMILES string of the molecule is Cc1cc(-c2cnc(N3CCCC3)nc2C2CCN(c3nccc(C)n3)CC2)on1. The van der Waals surface area contributed by atoms with Gasteiger partial charge in [0.05, 0.1) is 17.0 Å². The molecule has 5 heterocycles. The van der Waals surface area contributed by atoms with Gasteiger partial charge in [-0.2, -0.15) is 0 Å². The van der Waals surface area contributed by atoms with Gasteiger partial charge in [0.25, 0.3) is 0 Å². The summed E-state index contributed by atoms with van der Waals surface area (Å²) >= 11 is 0. The molecular weight excluding hydrogens is 378 g/mol. The van der Waals surface area contributed by atoms with Gasteiger partial charge in [-0.25, -0.2) is 19.9 Å². The molecule has 30 heavy (non-hydrogen) atoms. The Balaban J connectivity index is 1.42. The van der Waals surface area contributed by atoms with E-state index < -0.39 is 0 Å². The van der Waals surface area contributed by atoms with Gasteiger partial charge in [-0.15, -0.1) is 0 Å². The minimum atomic E-state index is 0.343. The normalized spacial score (nSPS) is 17.7. The smallest absolute Gasteiger partial charge is 0.225 e. The molecule has 156 valence electrons. The van der Waals surface area contributed by atoms with E-state index in [1.165, 1.54) is 12.8 Å². The largest absolute Gasteiger partial charge is 0.356 e. The molecule has 2 fully saturated rings. The van der Waals surface area contributed by atoms with Gasteiger partial charge in [0.15, 0.2) is 5.76 Å². The molecule has 8 heteroatoms. The third kappa shape index (κ3) is 3.74. The lowest BCUT2D eigenvalue weighted by Gasteiger charge is -2.32. The van der Waals surface area contributed by atoms with E-state index >= 15 is 0 Å². The number of aromatic nitrogens is 5. The Morgan fingerprint density at radius 1 is 0.900 bits per heavy atom. The maximum absolute atomic E-state index is 5.58. The van der Waals surface area contributed by atoms with Gasteiger partial charge < -0.3 is 14.3 Å². The van der Waals surface area contributed by atoms with Gasteiger partial charge >= 0.3 is 0 Å². The second-order valence-corrected chi connectivity index (χ2v) is 8.25. The molecule has 5 rings (SSSR count). The topological polar surface area (TPSA) is 84.1 Å². The van der Waals surface area contributed by atoms with E-state index in [9.17, 15) is 0 Å². The van der Waals surface area contributed by atoms with Crippen molar-refractivity contribution < 1.29 is 4.52 Å². The lowest BCUT2D eigenvalue weighted by molar-refractivity contribution is 0.424. The average Bonchev–Trinajstić information content (AvgIpc) is 3.46. The Labute approximate surface area is 176 Å². The predicted octanol–water partition coefficient (Wildman–Crippen LogP) is 3.52. The van der Waals surface area contributed by atoms with Crippen LogP contribution in [0.3, 0.4) is 0 Å². The second kappa shape index (κ2) is 8.01. The lowest BCUT2D eigenvalue weighted by atomic mass is 9.90. The molecule has 8 nitrogen and oxygen atoms in total. The maximum Gasteiger partial charge on any atom is 0.225 e. The van der Waals surface area contributed by atoms with Crippen LogP contribution in [0.25, 0.3) is 11.3 Å². The zero-order chi connectivity index (χ0) is 20.5. The number of piperidine rings is 1. The van der Waals surface area contributed by atoms with Crippen molar-refractivity contribution in [2.24, 2.45) is 0 Å². The summed E-state index contributed by atoms with van der Waals surface area (Å²) in [4.78, 5) is 23.3. The molecule has 2 saturated heterocycles. The molecule has 0 spiro atoms. The highest BCUT2D eigenvalue weighted by molar-refractivity contribution is 5.61. The van der Waals surface area contributed by atoms with Crippen LogP contribution in [-0.4, -0.2) is 51.3 Å². The fourth-order valence-electron chi connectivity index (χ4n) is 4.39. The lowest BCUT2D eigenvalue weighted by Crippen LogP contribution is -2.34. The first-order valence-electron chi connectivity index (χ1n) is 10.8. The molecule has 0 amide bonds. The quantitative estimate of drug-likeness (QED) is 0.652. The zero-order valence-electron chi connectivity index (χ0n) is 17.6. The van der Waals surface area contributed by atoms with Gasteiger partial charge in [0, 0.05) is 56.3 Å². The van der Waals surface area contributed by atoms with E-state index in [0.717, 1.165) is 79.3 Å². The molecule has 0 N–H and O–H groups in total. The molecule has 0 aromatic carbocycles. The van der Waals surface area contributed by atoms with Crippen molar-refractivity contribution in [2.45, 2.75) is 45.4 Å². The van der Waals surface area contributed by atoms with Crippen LogP contribution < -0.4 is 9.80 Å². The van der Waals surface area contributed by atoms with E-state index in [4.69, 9.17) is 9.51 Å². The van der Waals surface area contributed by atoms with Crippen LogP contribution in [0.1, 0.15) is 48.7 Å². The van der Waals surface area contributed by atoms with Gasteiger partial charge in [-0.1, -0.05) is 5.16 Å². The Morgan fingerprint density at radius 2 is 1.63 bits per heavy atom. The molecule has 0 radical (unpaired) electrons. The summed E-state index contributed by atoms with van der Waals surface area (Å²) in [7, 11) is 0. The molecule has 0 atom stereocenters. The van der Waals surface area contributed by atoms with Gasteiger partial charge in [0.1, 0.15) is 0 Å². The highest BCUT2D eigenvalue weighted by Gasteiger charge is 2.28. The minimum Gasteiger partial charge on any atom is -0.356 e. The Bertz CT molecular complexity index is 1020. The fourth-order valence-corrected chi connectivity index (χ4v) is 4.39. The summed E-state index contributed by atoms with van der Waals surface area (Å²) in [6, 6.07) is 3.90. The van der Waals surface area contributed by atoms with Gasteiger partial charge in [-0.05, 0) is 45.6 Å². The molecule has 0 aliphatic carbocycles. The van der Waals surface area contributed by atoms with E-state index in [2.05, 4.69) is 29.9 Å². The van der Waals surface area contributed by atoms with Crippen LogP contribution in [0.2, 0.25) is 0 Å². The number of nitrogens with zero attached hydrogens (tertiary/aromatic N) is 7. The monoisotopic (exact) mass is 405 g/mol. The number of hydrogen-bond acceptors (Lipinski definition) is 8. The van der Waals surface area contributed by atoms with Crippen LogP contribution in [0.15, 0.2) is 29.0 Å². The van der Waals surface area contributed by atoms with Crippen molar-refractivity contribution in [1.29, 1.82) is 0 Å². The van der Waals surface area contributed by atoms with Gasteiger partial charge in [0.2, 0.25) is 11.9 Å². The van der Waals surface area contributed by atoms with E-state index in [0.29, 0.717) is 5.92 Å². The zero-order valence-corrected chi connectivity index (χ0v) is 17.6. The first-order valence-corrected chi connectivity index (χ1v) is 10.8. The summed E-state index contributed by atoms with van der Waals surface area (Å²) in [6.07, 6.45) is 8.15. The molecule has 0 bridgehead atoms. The first-order chi connectivity index (χ1) is 14.7. The summed E-state index contributed by atoms with van der Waals surface area (Å²) in [5.74, 6) is 2.75. The highest BCUT2D eigenvalue weighted by Crippen LogP contribution is 2.36. The molecule has 2 aliphatic rings. The van der Waals surface area contributed by atoms with Crippen molar-refractivity contribution in [1.82, 2.24) is 25.1 Å².